The van der Waals surface area contributed by atoms with Gasteiger partial charge in [0, 0.05) is 47.9 Å². The van der Waals surface area contributed by atoms with Crippen molar-refractivity contribution < 1.29 is 24.5 Å². The maximum Gasteiger partial charge on any atom is 0.216 e. The summed E-state index contributed by atoms with van der Waals surface area (Å²) in [5, 5.41) is 9.29. The molecular formula is C63H62GeIrN4O-2. The molecule has 7 aromatic carbocycles. The van der Waals surface area contributed by atoms with Crippen LogP contribution in [0.5, 0.6) is 0 Å². The molecule has 1 radical (unpaired) electrons. The topological polar surface area (TPSA) is 56.7 Å². The van der Waals surface area contributed by atoms with Gasteiger partial charge in [0.1, 0.15) is 0 Å². The van der Waals surface area contributed by atoms with E-state index < -0.39 is 13.3 Å². The van der Waals surface area contributed by atoms with Crippen LogP contribution in [0.3, 0.4) is 0 Å². The van der Waals surface area contributed by atoms with Crippen molar-refractivity contribution in [1.29, 1.82) is 0 Å². The summed E-state index contributed by atoms with van der Waals surface area (Å²) in [6.07, 6.45) is 2.06. The number of nitrogens with zero attached hydrogens (tertiary/aromatic N) is 4. The van der Waals surface area contributed by atoms with Crippen molar-refractivity contribution in [2.24, 2.45) is 5.41 Å². The number of aromatic nitrogens is 4. The molecule has 0 N–H and O–H groups in total. The Hall–Kier alpha value is -5.92. The molecule has 0 aliphatic heterocycles. The van der Waals surface area contributed by atoms with Crippen LogP contribution in [0.4, 0.5) is 0 Å². The molecule has 11 rings (SSSR count). The number of rotatable bonds is 6. The molecule has 0 saturated carbocycles. The SMILES string of the molecule is CC(C)(C)c1cc[c-]c(-c2cc[c]([Ge]([CH3])([CH3])[CH3])cn2)c1.CC(C)c1c(-n2c(-c3[c-]ccc4c3oc3nc(C(C)C(C)(C)C)ccc34)nc3ccc4ccccc4c32)c2ccccc2c2ccccc12.[Ir]. The minimum atomic E-state index is -1.76. The summed E-state index contributed by atoms with van der Waals surface area (Å²) in [6, 6.07) is 56.6. The largest absolute Gasteiger partial charge is 0.486 e. The number of benzene rings is 7. The standard InChI is InChI=1S/C45H38N3O.C18H24GeN.Ir/c1-26(2)39-32-18-11-9-16-30(32)31-17-10-12-19-33(31)41(39)48-40-29-15-8-7-14-28(29)22-24-38(40)46-43(48)36-21-13-20-34-35-23-25-37(27(3)45(4,5)6)47-44(35)49-42(34)36;1-18(2,3)15-9-7-8-14(12-15)17-11-10-16(13-20-17)19(4,5)6;/h7-20,22-27H,1-6H3;7,9-13H,1-6H3;/q2*-1;. The van der Waals surface area contributed by atoms with Crippen LogP contribution in [-0.2, 0) is 25.5 Å². The maximum atomic E-state index is 6.76. The molecule has 0 bridgehead atoms. The van der Waals surface area contributed by atoms with E-state index >= 15 is 0 Å². The molecule has 5 nitrogen and oxygen atoms in total. The van der Waals surface area contributed by atoms with E-state index in [-0.39, 0.29) is 42.8 Å². The van der Waals surface area contributed by atoms with E-state index in [9.17, 15) is 0 Å². The first kappa shape index (κ1) is 49.1. The average molecular weight is 1160 g/mol. The van der Waals surface area contributed by atoms with Gasteiger partial charge in [0.25, 0.3) is 0 Å². The van der Waals surface area contributed by atoms with Crippen LogP contribution in [0, 0.1) is 17.5 Å². The fraction of sp³-hybridized carbons (Fsp3) is 0.254. The predicted molar refractivity (Wildman–Crippen MR) is 295 cm³/mol. The second kappa shape index (κ2) is 18.7. The van der Waals surface area contributed by atoms with Crippen LogP contribution in [0.1, 0.15) is 91.0 Å². The van der Waals surface area contributed by atoms with Crippen LogP contribution in [0.15, 0.2) is 150 Å². The number of pyridine rings is 2. The fourth-order valence-electron chi connectivity index (χ4n) is 9.76. The predicted octanol–water partition coefficient (Wildman–Crippen LogP) is 16.9. The summed E-state index contributed by atoms with van der Waals surface area (Å²) >= 11 is -1.76. The van der Waals surface area contributed by atoms with E-state index in [2.05, 4.69) is 235 Å². The molecule has 11 aromatic rings. The molecule has 4 aromatic heterocycles. The van der Waals surface area contributed by atoms with Crippen LogP contribution in [0.25, 0.3) is 93.8 Å². The van der Waals surface area contributed by atoms with Gasteiger partial charge in [-0.2, -0.15) is 0 Å². The summed E-state index contributed by atoms with van der Waals surface area (Å²) < 4.78 is 10.6. The van der Waals surface area contributed by atoms with E-state index in [1.54, 1.807) is 0 Å². The third kappa shape index (κ3) is 8.93. The second-order valence-corrected chi connectivity index (χ2v) is 32.9. The van der Waals surface area contributed by atoms with Gasteiger partial charge in [-0.25, -0.2) is 4.98 Å². The van der Waals surface area contributed by atoms with Crippen LogP contribution >= 0.6 is 0 Å². The molecule has 0 spiro atoms. The Morgan fingerprint density at radius 2 is 1.29 bits per heavy atom. The van der Waals surface area contributed by atoms with Crippen LogP contribution in [-0.4, -0.2) is 32.8 Å². The molecule has 7 heteroatoms. The summed E-state index contributed by atoms with van der Waals surface area (Å²) in [5.74, 6) is 8.49. The van der Waals surface area contributed by atoms with Crippen molar-refractivity contribution >= 4 is 83.1 Å². The molecular weight excluding hydrogens is 1090 g/mol. The first-order valence-electron chi connectivity index (χ1n) is 24.5. The van der Waals surface area contributed by atoms with E-state index in [1.807, 2.05) is 12.1 Å². The molecule has 0 aliphatic rings. The zero-order valence-corrected chi connectivity index (χ0v) is 47.0. The zero-order chi connectivity index (χ0) is 48.6. The molecule has 0 saturated heterocycles. The normalized spacial score (nSPS) is 12.8. The number of hydrogen-bond donors (Lipinski definition) is 0. The molecule has 0 fully saturated rings. The Labute approximate surface area is 429 Å². The third-order valence-electron chi connectivity index (χ3n) is 14.1. The van der Waals surface area contributed by atoms with Crippen LogP contribution < -0.4 is 4.40 Å². The Bertz CT molecular complexity index is 3730. The summed E-state index contributed by atoms with van der Waals surface area (Å²) in [6.45, 7) is 20.3. The van der Waals surface area contributed by atoms with Crippen molar-refractivity contribution in [2.75, 3.05) is 0 Å². The van der Waals surface area contributed by atoms with Crippen molar-refractivity contribution in [1.82, 2.24) is 19.5 Å². The number of fused-ring (bicyclic) bond motifs is 9. The first-order chi connectivity index (χ1) is 32.9. The smallest absolute Gasteiger partial charge is 0.216 e. The van der Waals surface area contributed by atoms with Gasteiger partial charge in [-0.05, 0) is 56.6 Å². The van der Waals surface area contributed by atoms with Gasteiger partial charge < -0.3 is 8.98 Å². The van der Waals surface area contributed by atoms with Gasteiger partial charge in [0.15, 0.2) is 0 Å². The first-order valence-corrected chi connectivity index (χ1v) is 31.8. The molecule has 1 unspecified atom stereocenters. The molecule has 0 amide bonds. The second-order valence-electron chi connectivity index (χ2n) is 22.2. The molecule has 355 valence electrons. The summed E-state index contributed by atoms with van der Waals surface area (Å²) in [4.78, 5) is 15.2. The molecule has 0 aliphatic carbocycles. The number of imidazole rings is 1. The summed E-state index contributed by atoms with van der Waals surface area (Å²) in [5.41, 5.74) is 11.4. The van der Waals surface area contributed by atoms with Gasteiger partial charge in [-0.1, -0.05) is 131 Å². The van der Waals surface area contributed by atoms with Crippen LogP contribution in [0.2, 0.25) is 17.3 Å². The van der Waals surface area contributed by atoms with Gasteiger partial charge in [0.2, 0.25) is 5.71 Å². The fourth-order valence-corrected chi connectivity index (χ4v) is 11.9. The maximum absolute atomic E-state index is 6.76. The number of hydrogen-bond acceptors (Lipinski definition) is 4. The van der Waals surface area contributed by atoms with Crippen molar-refractivity contribution in [2.45, 2.75) is 96.8 Å². The average Bonchev–Trinajstić information content (AvgIpc) is 3.91. The Morgan fingerprint density at radius 3 is 1.94 bits per heavy atom. The van der Waals surface area contributed by atoms with Crippen molar-refractivity contribution in [3.8, 4) is 28.3 Å². The molecule has 70 heavy (non-hydrogen) atoms. The van der Waals surface area contributed by atoms with E-state index in [1.165, 1.54) is 42.5 Å². The van der Waals surface area contributed by atoms with E-state index in [0.717, 1.165) is 66.8 Å². The molecule has 4 heterocycles. The van der Waals surface area contributed by atoms with Crippen molar-refractivity contribution in [3.05, 3.63) is 175 Å². The third-order valence-corrected chi connectivity index (χ3v) is 18.4. The Balaban J connectivity index is 0.000000244. The van der Waals surface area contributed by atoms with Gasteiger partial charge in [-0.15, -0.1) is 18.2 Å². The Morgan fingerprint density at radius 1 is 0.629 bits per heavy atom. The minimum absolute atomic E-state index is 0. The molecule has 1 atom stereocenters. The minimum Gasteiger partial charge on any atom is -0.486 e. The van der Waals surface area contributed by atoms with Crippen molar-refractivity contribution in [3.63, 3.8) is 0 Å². The monoisotopic (exact) mass is 1160 g/mol. The van der Waals surface area contributed by atoms with E-state index in [0.29, 0.717) is 5.71 Å². The quantitative estimate of drug-likeness (QED) is 0.0946. The number of furan rings is 1. The van der Waals surface area contributed by atoms with Gasteiger partial charge in [0.05, 0.1) is 28.1 Å². The van der Waals surface area contributed by atoms with Gasteiger partial charge in [-0.3, -0.25) is 4.98 Å². The van der Waals surface area contributed by atoms with E-state index in [4.69, 9.17) is 14.4 Å². The zero-order valence-electron chi connectivity index (χ0n) is 42.5. The van der Waals surface area contributed by atoms with Gasteiger partial charge >= 0.3 is 126 Å². The Kier molecular flexibility index (Phi) is 13.1. The summed E-state index contributed by atoms with van der Waals surface area (Å²) in [7, 11) is 0.